The third-order valence-corrected chi connectivity index (χ3v) is 2.62. The molecule has 1 rings (SSSR count). The van der Waals surface area contributed by atoms with Crippen LogP contribution in [0.15, 0.2) is 12.1 Å². The molecule has 19 heavy (non-hydrogen) atoms. The molecule has 0 atom stereocenters. The van der Waals surface area contributed by atoms with Gasteiger partial charge in [-0.25, -0.2) is 0 Å². The number of nitrogens with zero attached hydrogens (tertiary/aromatic N) is 1. The molecule has 0 aliphatic carbocycles. The summed E-state index contributed by atoms with van der Waals surface area (Å²) < 4.78 is 33.4. The van der Waals surface area contributed by atoms with E-state index in [1.807, 2.05) is 6.07 Å². The number of esters is 1. The van der Waals surface area contributed by atoms with Gasteiger partial charge in [-0.15, -0.1) is 11.6 Å². The van der Waals surface area contributed by atoms with Crippen LogP contribution in [0.25, 0.3) is 0 Å². The van der Waals surface area contributed by atoms with Crippen LogP contribution in [-0.4, -0.2) is 19.7 Å². The first-order chi connectivity index (χ1) is 9.01. The Bertz CT molecular complexity index is 514. The quantitative estimate of drug-likeness (QED) is 0.617. The molecule has 0 unspecified atom stereocenters. The fourth-order valence-electron chi connectivity index (χ4n) is 1.45. The van der Waals surface area contributed by atoms with Gasteiger partial charge in [-0.2, -0.15) is 14.0 Å². The second-order valence-electron chi connectivity index (χ2n) is 3.49. The number of carbonyl (C=O) groups is 1. The fraction of sp³-hybridized carbons (Fsp3) is 0.333. The number of hydrogen-bond donors (Lipinski definition) is 0. The smallest absolute Gasteiger partial charge is 0.387 e. The molecule has 0 bridgehead atoms. The molecule has 0 saturated heterocycles. The summed E-state index contributed by atoms with van der Waals surface area (Å²) in [7, 11) is 1.17. The van der Waals surface area contributed by atoms with Crippen molar-refractivity contribution >= 4 is 17.6 Å². The third kappa shape index (κ3) is 4.07. The molecule has 0 heterocycles. The molecule has 1 aromatic carbocycles. The van der Waals surface area contributed by atoms with Crippen molar-refractivity contribution < 1.29 is 23.0 Å². The Labute approximate surface area is 113 Å². The largest absolute Gasteiger partial charge is 0.469 e. The number of alkyl halides is 3. The Hall–Kier alpha value is -1.87. The van der Waals surface area contributed by atoms with Crippen LogP contribution in [0.3, 0.4) is 0 Å². The summed E-state index contributed by atoms with van der Waals surface area (Å²) >= 11 is 5.62. The molecule has 0 amide bonds. The van der Waals surface area contributed by atoms with Crippen LogP contribution >= 0.6 is 11.6 Å². The minimum atomic E-state index is -3.03. The van der Waals surface area contributed by atoms with Crippen molar-refractivity contribution in [3.63, 3.8) is 0 Å². The van der Waals surface area contributed by atoms with Crippen LogP contribution in [0.4, 0.5) is 8.78 Å². The van der Waals surface area contributed by atoms with Crippen LogP contribution in [0, 0.1) is 11.3 Å². The Morgan fingerprint density at radius 2 is 2.16 bits per heavy atom. The fourth-order valence-corrected chi connectivity index (χ4v) is 1.67. The van der Waals surface area contributed by atoms with E-state index in [1.54, 1.807) is 0 Å². The first-order valence-corrected chi connectivity index (χ1v) is 5.68. The molecule has 1 aromatic rings. The number of nitriles is 1. The van der Waals surface area contributed by atoms with E-state index in [9.17, 15) is 13.6 Å². The maximum absolute atomic E-state index is 12.3. The molecule has 0 aromatic heterocycles. The number of methoxy groups -OCH3 is 1. The SMILES string of the molecule is COC(=O)Cc1cc(C#N)c(CCl)cc1OC(F)F. The van der Waals surface area contributed by atoms with Gasteiger partial charge in [-0.3, -0.25) is 4.79 Å². The molecule has 0 saturated carbocycles. The first-order valence-electron chi connectivity index (χ1n) is 5.15. The standard InChI is InChI=1S/C12H10ClF2NO3/c1-18-11(17)4-7-2-9(6-16)8(5-13)3-10(7)19-12(14)15/h2-3,12H,4-5H2,1H3. The van der Waals surface area contributed by atoms with Crippen molar-refractivity contribution in [2.24, 2.45) is 0 Å². The van der Waals surface area contributed by atoms with Gasteiger partial charge in [0, 0.05) is 11.4 Å². The molecular formula is C12H10ClF2NO3. The zero-order valence-electron chi connectivity index (χ0n) is 9.95. The lowest BCUT2D eigenvalue weighted by Gasteiger charge is -2.12. The van der Waals surface area contributed by atoms with Gasteiger partial charge in [-0.1, -0.05) is 0 Å². The summed E-state index contributed by atoms with van der Waals surface area (Å²) in [6.07, 6.45) is -0.268. The Morgan fingerprint density at radius 1 is 1.47 bits per heavy atom. The maximum atomic E-state index is 12.3. The summed E-state index contributed by atoms with van der Waals surface area (Å²) in [6.45, 7) is -3.03. The molecule has 0 fully saturated rings. The predicted octanol–water partition coefficient (Wildman–Crippen LogP) is 2.61. The van der Waals surface area contributed by atoms with Gasteiger partial charge >= 0.3 is 12.6 Å². The summed E-state index contributed by atoms with van der Waals surface area (Å²) in [5.41, 5.74) is 0.710. The van der Waals surface area contributed by atoms with Crippen LogP contribution < -0.4 is 4.74 Å². The lowest BCUT2D eigenvalue weighted by molar-refractivity contribution is -0.139. The minimum absolute atomic E-state index is 0.0268. The lowest BCUT2D eigenvalue weighted by Crippen LogP contribution is -2.10. The van der Waals surface area contributed by atoms with E-state index < -0.39 is 12.6 Å². The van der Waals surface area contributed by atoms with Crippen molar-refractivity contribution in [3.8, 4) is 11.8 Å². The van der Waals surface area contributed by atoms with E-state index in [0.717, 1.165) is 0 Å². The van der Waals surface area contributed by atoms with Crippen molar-refractivity contribution in [2.75, 3.05) is 7.11 Å². The highest BCUT2D eigenvalue weighted by Gasteiger charge is 2.16. The highest BCUT2D eigenvalue weighted by atomic mass is 35.5. The maximum Gasteiger partial charge on any atom is 0.387 e. The van der Waals surface area contributed by atoms with Crippen molar-refractivity contribution in [1.82, 2.24) is 0 Å². The van der Waals surface area contributed by atoms with Gasteiger partial charge in [-0.05, 0) is 17.7 Å². The normalized spacial score (nSPS) is 10.1. The monoisotopic (exact) mass is 289 g/mol. The van der Waals surface area contributed by atoms with Crippen molar-refractivity contribution in [3.05, 3.63) is 28.8 Å². The summed E-state index contributed by atoms with van der Waals surface area (Å²) in [5.74, 6) is -0.835. The number of halogens is 3. The van der Waals surface area contributed by atoms with E-state index in [2.05, 4.69) is 9.47 Å². The average molecular weight is 290 g/mol. The molecule has 0 radical (unpaired) electrons. The Morgan fingerprint density at radius 3 is 2.63 bits per heavy atom. The number of rotatable bonds is 5. The highest BCUT2D eigenvalue weighted by Crippen LogP contribution is 2.27. The number of ether oxygens (including phenoxy) is 2. The van der Waals surface area contributed by atoms with Crippen LogP contribution in [0.2, 0.25) is 0 Å². The lowest BCUT2D eigenvalue weighted by atomic mass is 10.0. The second kappa shape index (κ2) is 6.90. The molecule has 0 aliphatic rings. The highest BCUT2D eigenvalue weighted by molar-refractivity contribution is 6.17. The molecule has 7 heteroatoms. The van der Waals surface area contributed by atoms with Crippen molar-refractivity contribution in [2.45, 2.75) is 18.9 Å². The first kappa shape index (κ1) is 15.2. The van der Waals surface area contributed by atoms with E-state index in [0.29, 0.717) is 5.56 Å². The van der Waals surface area contributed by atoms with Gasteiger partial charge in [0.1, 0.15) is 5.75 Å². The van der Waals surface area contributed by atoms with Crippen LogP contribution in [-0.2, 0) is 21.8 Å². The van der Waals surface area contributed by atoms with Gasteiger partial charge in [0.2, 0.25) is 0 Å². The molecule has 4 nitrogen and oxygen atoms in total. The minimum Gasteiger partial charge on any atom is -0.469 e. The number of carbonyl (C=O) groups excluding carboxylic acids is 1. The van der Waals surface area contributed by atoms with E-state index in [1.165, 1.54) is 19.2 Å². The molecule has 0 spiro atoms. The summed E-state index contributed by atoms with van der Waals surface area (Å²) in [6, 6.07) is 4.41. The van der Waals surface area contributed by atoms with Gasteiger partial charge in [0.05, 0.1) is 25.2 Å². The molecular weight excluding hydrogens is 280 g/mol. The molecule has 0 N–H and O–H groups in total. The van der Waals surface area contributed by atoms with Gasteiger partial charge < -0.3 is 9.47 Å². The van der Waals surface area contributed by atoms with Gasteiger partial charge in [0.25, 0.3) is 0 Å². The average Bonchev–Trinajstić information content (AvgIpc) is 2.39. The van der Waals surface area contributed by atoms with Crippen LogP contribution in [0.5, 0.6) is 5.75 Å². The molecule has 102 valence electrons. The zero-order valence-corrected chi connectivity index (χ0v) is 10.7. The second-order valence-corrected chi connectivity index (χ2v) is 3.76. The topological polar surface area (TPSA) is 59.3 Å². The molecule has 0 aliphatic heterocycles. The Balaban J connectivity index is 3.23. The Kier molecular flexibility index (Phi) is 5.52. The third-order valence-electron chi connectivity index (χ3n) is 2.33. The van der Waals surface area contributed by atoms with E-state index >= 15 is 0 Å². The summed E-state index contributed by atoms with van der Waals surface area (Å²) in [4.78, 5) is 11.2. The van der Waals surface area contributed by atoms with E-state index in [4.69, 9.17) is 16.9 Å². The van der Waals surface area contributed by atoms with Gasteiger partial charge in [0.15, 0.2) is 0 Å². The predicted molar refractivity (Wildman–Crippen MR) is 63.1 cm³/mol. The van der Waals surface area contributed by atoms with Crippen molar-refractivity contribution in [1.29, 1.82) is 5.26 Å². The summed E-state index contributed by atoms with van der Waals surface area (Å²) in [5, 5.41) is 8.92. The zero-order chi connectivity index (χ0) is 14.4. The van der Waals surface area contributed by atoms with E-state index in [-0.39, 0.29) is 29.2 Å². The van der Waals surface area contributed by atoms with Crippen LogP contribution in [0.1, 0.15) is 16.7 Å². The number of hydrogen-bond acceptors (Lipinski definition) is 4. The number of benzene rings is 1.